The lowest BCUT2D eigenvalue weighted by Crippen LogP contribution is -2.52. The van der Waals surface area contributed by atoms with Gasteiger partial charge in [-0.2, -0.15) is 5.26 Å². The molecule has 0 saturated heterocycles. The molecular weight excluding hydrogens is 352 g/mol. The molecular formula is C17H22N6O2S. The Morgan fingerprint density at radius 2 is 2.19 bits per heavy atom. The van der Waals surface area contributed by atoms with Crippen LogP contribution in [-0.2, 0) is 4.79 Å². The Labute approximate surface area is 156 Å². The monoisotopic (exact) mass is 374 g/mol. The number of furan rings is 1. The highest BCUT2D eigenvalue weighted by molar-refractivity contribution is 8.00. The quantitative estimate of drug-likeness (QED) is 0.631. The van der Waals surface area contributed by atoms with Gasteiger partial charge in [0, 0.05) is 7.05 Å². The zero-order valence-electron chi connectivity index (χ0n) is 14.9. The minimum absolute atomic E-state index is 0.110. The first-order valence-corrected chi connectivity index (χ1v) is 9.46. The molecule has 0 aliphatic heterocycles. The van der Waals surface area contributed by atoms with Crippen LogP contribution in [0.4, 0.5) is 0 Å². The van der Waals surface area contributed by atoms with Crippen molar-refractivity contribution in [2.45, 2.75) is 55.0 Å². The van der Waals surface area contributed by atoms with Gasteiger partial charge in [0.1, 0.15) is 5.54 Å². The standard InChI is InChI=1S/C17H22N6O2S/c1-12(15(24)22(2)17(11-18)8-4-3-5-9-17)26-16-21-20-14(23(16)19)13-7-6-10-25-13/h6-7,10,12H,3-5,8-9,19H2,1-2H3/t12-/m1/s1. The molecule has 2 aromatic heterocycles. The molecule has 0 unspecified atom stereocenters. The Bertz CT molecular complexity index is 804. The zero-order chi connectivity index (χ0) is 18.7. The summed E-state index contributed by atoms with van der Waals surface area (Å²) in [5.41, 5.74) is -0.708. The van der Waals surface area contributed by atoms with Gasteiger partial charge in [0.15, 0.2) is 5.76 Å². The van der Waals surface area contributed by atoms with E-state index in [1.165, 1.54) is 22.7 Å². The third-order valence-corrected chi connectivity index (χ3v) is 5.94. The summed E-state index contributed by atoms with van der Waals surface area (Å²) in [7, 11) is 1.72. The normalized spacial score (nSPS) is 17.4. The number of hydrogen-bond acceptors (Lipinski definition) is 7. The van der Waals surface area contributed by atoms with Crippen molar-refractivity contribution in [1.29, 1.82) is 5.26 Å². The molecule has 0 spiro atoms. The molecule has 2 N–H and O–H groups in total. The Morgan fingerprint density at radius 1 is 1.46 bits per heavy atom. The van der Waals surface area contributed by atoms with Crippen LogP contribution in [0.15, 0.2) is 28.0 Å². The molecule has 2 aromatic rings. The average molecular weight is 374 g/mol. The molecule has 1 aliphatic carbocycles. The second-order valence-electron chi connectivity index (χ2n) is 6.51. The van der Waals surface area contributed by atoms with Gasteiger partial charge in [-0.05, 0) is 31.9 Å². The van der Waals surface area contributed by atoms with E-state index in [0.717, 1.165) is 32.1 Å². The molecule has 1 aliphatic rings. The second kappa shape index (κ2) is 7.41. The van der Waals surface area contributed by atoms with E-state index < -0.39 is 10.8 Å². The van der Waals surface area contributed by atoms with Crippen molar-refractivity contribution in [2.24, 2.45) is 0 Å². The molecule has 138 valence electrons. The molecule has 26 heavy (non-hydrogen) atoms. The van der Waals surface area contributed by atoms with Gasteiger partial charge in [-0.25, -0.2) is 4.68 Å². The van der Waals surface area contributed by atoms with Crippen LogP contribution in [0.3, 0.4) is 0 Å². The highest BCUT2D eigenvalue weighted by atomic mass is 32.2. The van der Waals surface area contributed by atoms with Crippen LogP contribution in [0.5, 0.6) is 0 Å². The van der Waals surface area contributed by atoms with E-state index in [1.807, 2.05) is 0 Å². The number of rotatable bonds is 5. The summed E-state index contributed by atoms with van der Waals surface area (Å²) in [4.78, 5) is 14.5. The summed E-state index contributed by atoms with van der Waals surface area (Å²) in [6.07, 6.45) is 6.02. The fourth-order valence-corrected chi connectivity index (χ4v) is 4.15. The van der Waals surface area contributed by atoms with E-state index >= 15 is 0 Å². The molecule has 8 nitrogen and oxygen atoms in total. The number of nitrogens with two attached hydrogens (primary N) is 1. The summed E-state index contributed by atoms with van der Waals surface area (Å²) in [6, 6.07) is 5.86. The summed E-state index contributed by atoms with van der Waals surface area (Å²) in [5.74, 6) is 6.84. The van der Waals surface area contributed by atoms with Gasteiger partial charge in [-0.15, -0.1) is 10.2 Å². The van der Waals surface area contributed by atoms with Crippen LogP contribution in [0.1, 0.15) is 39.0 Å². The molecule has 1 fully saturated rings. The predicted molar refractivity (Wildman–Crippen MR) is 97.4 cm³/mol. The van der Waals surface area contributed by atoms with E-state index in [1.54, 1.807) is 31.0 Å². The fraction of sp³-hybridized carbons (Fsp3) is 0.529. The number of amides is 1. The Balaban J connectivity index is 1.73. The van der Waals surface area contributed by atoms with E-state index in [9.17, 15) is 10.1 Å². The maximum atomic E-state index is 12.9. The van der Waals surface area contributed by atoms with E-state index in [4.69, 9.17) is 10.3 Å². The largest absolute Gasteiger partial charge is 0.461 e. The van der Waals surface area contributed by atoms with Crippen molar-refractivity contribution >= 4 is 17.7 Å². The van der Waals surface area contributed by atoms with Gasteiger partial charge in [0.2, 0.25) is 16.9 Å². The number of aromatic nitrogens is 3. The summed E-state index contributed by atoms with van der Waals surface area (Å²) >= 11 is 1.22. The van der Waals surface area contributed by atoms with Crippen molar-refractivity contribution in [3.63, 3.8) is 0 Å². The third kappa shape index (κ3) is 3.29. The van der Waals surface area contributed by atoms with Crippen molar-refractivity contribution < 1.29 is 9.21 Å². The SMILES string of the molecule is C[C@@H](Sc1nnc(-c2ccco2)n1N)C(=O)N(C)C1(C#N)CCCCC1. The van der Waals surface area contributed by atoms with E-state index in [0.29, 0.717) is 16.7 Å². The van der Waals surface area contributed by atoms with E-state index in [2.05, 4.69) is 16.3 Å². The lowest BCUT2D eigenvalue weighted by Gasteiger charge is -2.40. The first-order valence-electron chi connectivity index (χ1n) is 8.58. The first kappa shape index (κ1) is 18.3. The molecule has 9 heteroatoms. The van der Waals surface area contributed by atoms with Crippen LogP contribution in [0, 0.1) is 11.3 Å². The Hall–Kier alpha value is -2.47. The maximum Gasteiger partial charge on any atom is 0.236 e. The topological polar surface area (TPSA) is 114 Å². The van der Waals surface area contributed by atoms with Crippen molar-refractivity contribution in [3.05, 3.63) is 18.4 Å². The molecule has 3 rings (SSSR count). The van der Waals surface area contributed by atoms with Gasteiger partial charge in [-0.1, -0.05) is 31.0 Å². The first-order chi connectivity index (χ1) is 12.5. The zero-order valence-corrected chi connectivity index (χ0v) is 15.7. The minimum Gasteiger partial charge on any atom is -0.461 e. The van der Waals surface area contributed by atoms with Crippen LogP contribution < -0.4 is 5.84 Å². The number of nitrogen functional groups attached to an aromatic ring is 1. The number of carbonyl (C=O) groups is 1. The van der Waals surface area contributed by atoms with Gasteiger partial charge >= 0.3 is 0 Å². The Kier molecular flexibility index (Phi) is 5.23. The van der Waals surface area contributed by atoms with Crippen LogP contribution >= 0.6 is 11.8 Å². The Morgan fingerprint density at radius 3 is 2.81 bits per heavy atom. The second-order valence-corrected chi connectivity index (χ2v) is 7.82. The molecule has 0 bridgehead atoms. The van der Waals surface area contributed by atoms with Crippen LogP contribution in [-0.4, -0.2) is 43.5 Å². The summed E-state index contributed by atoms with van der Waals surface area (Å²) in [5, 5.41) is 17.7. The minimum atomic E-state index is -0.708. The lowest BCUT2D eigenvalue weighted by atomic mass is 9.81. The predicted octanol–water partition coefficient (Wildman–Crippen LogP) is 2.42. The number of thioether (sulfide) groups is 1. The summed E-state index contributed by atoms with van der Waals surface area (Å²) in [6.45, 7) is 1.79. The highest BCUT2D eigenvalue weighted by Gasteiger charge is 2.40. The molecule has 2 heterocycles. The number of nitrogens with zero attached hydrogens (tertiary/aromatic N) is 5. The van der Waals surface area contributed by atoms with Crippen molar-refractivity contribution in [2.75, 3.05) is 12.9 Å². The van der Waals surface area contributed by atoms with Crippen LogP contribution in [0.25, 0.3) is 11.6 Å². The van der Waals surface area contributed by atoms with Gasteiger partial charge in [0.25, 0.3) is 0 Å². The summed E-state index contributed by atoms with van der Waals surface area (Å²) < 4.78 is 6.60. The lowest BCUT2D eigenvalue weighted by molar-refractivity contribution is -0.133. The fourth-order valence-electron chi connectivity index (χ4n) is 3.28. The van der Waals surface area contributed by atoms with Crippen molar-refractivity contribution in [1.82, 2.24) is 19.8 Å². The molecule has 0 aromatic carbocycles. The third-order valence-electron chi connectivity index (χ3n) is 4.90. The molecule has 1 amide bonds. The smallest absolute Gasteiger partial charge is 0.236 e. The van der Waals surface area contributed by atoms with Gasteiger partial charge in [0.05, 0.1) is 17.6 Å². The van der Waals surface area contributed by atoms with Crippen LogP contribution in [0.2, 0.25) is 0 Å². The van der Waals surface area contributed by atoms with Crippen molar-refractivity contribution in [3.8, 4) is 17.7 Å². The number of nitriles is 1. The molecule has 1 atom stereocenters. The average Bonchev–Trinajstić information content (AvgIpc) is 3.31. The van der Waals surface area contributed by atoms with Gasteiger partial charge < -0.3 is 15.2 Å². The number of carbonyl (C=O) groups excluding carboxylic acids is 1. The number of hydrogen-bond donors (Lipinski definition) is 1. The van der Waals surface area contributed by atoms with E-state index in [-0.39, 0.29) is 5.91 Å². The highest BCUT2D eigenvalue weighted by Crippen LogP contribution is 2.34. The maximum absolute atomic E-state index is 12.9. The van der Waals surface area contributed by atoms with Gasteiger partial charge in [-0.3, -0.25) is 4.79 Å². The molecule has 1 saturated carbocycles. The molecule has 0 radical (unpaired) electrons.